The molecule has 3 N–H and O–H groups in total. The van der Waals surface area contributed by atoms with Crippen LogP contribution in [-0.2, 0) is 11.2 Å². The number of hydrogen-bond acceptors (Lipinski definition) is 2. The van der Waals surface area contributed by atoms with Crippen LogP contribution in [0.15, 0.2) is 24.3 Å². The molecule has 1 aromatic carbocycles. The zero-order valence-electron chi connectivity index (χ0n) is 13.0. The van der Waals surface area contributed by atoms with Gasteiger partial charge in [0.2, 0.25) is 5.91 Å². The van der Waals surface area contributed by atoms with Crippen LogP contribution in [0.1, 0.15) is 50.2 Å². The minimum absolute atomic E-state index is 0. The summed E-state index contributed by atoms with van der Waals surface area (Å²) in [6.45, 7) is 4.83. The van der Waals surface area contributed by atoms with Gasteiger partial charge < -0.3 is 11.1 Å². The lowest BCUT2D eigenvalue weighted by Gasteiger charge is -2.27. The molecule has 0 bridgehead atoms. The van der Waals surface area contributed by atoms with E-state index < -0.39 is 0 Å². The van der Waals surface area contributed by atoms with E-state index in [1.807, 2.05) is 6.07 Å². The first-order valence-electron chi connectivity index (χ1n) is 7.70. The SMILES string of the molecule is CC(C)CC(CN)NC(=O)C1CCCc2ccccc21.Cl. The molecule has 0 aromatic heterocycles. The van der Waals surface area contributed by atoms with Gasteiger partial charge in [0.15, 0.2) is 0 Å². The molecule has 0 heterocycles. The monoisotopic (exact) mass is 310 g/mol. The van der Waals surface area contributed by atoms with Gasteiger partial charge in [-0.25, -0.2) is 0 Å². The van der Waals surface area contributed by atoms with Gasteiger partial charge in [0.05, 0.1) is 5.92 Å². The third-order valence-electron chi connectivity index (χ3n) is 4.07. The number of benzene rings is 1. The molecule has 1 aliphatic rings. The molecule has 2 atom stereocenters. The van der Waals surface area contributed by atoms with Crippen LogP contribution in [0.3, 0.4) is 0 Å². The molecule has 4 heteroatoms. The van der Waals surface area contributed by atoms with Crippen molar-refractivity contribution in [2.24, 2.45) is 11.7 Å². The maximum Gasteiger partial charge on any atom is 0.227 e. The number of carbonyl (C=O) groups is 1. The van der Waals surface area contributed by atoms with Crippen molar-refractivity contribution >= 4 is 18.3 Å². The molecule has 0 saturated carbocycles. The maximum atomic E-state index is 12.5. The number of halogens is 1. The van der Waals surface area contributed by atoms with Crippen molar-refractivity contribution in [1.82, 2.24) is 5.32 Å². The molecule has 2 rings (SSSR count). The number of aryl methyl sites for hydroxylation is 1. The summed E-state index contributed by atoms with van der Waals surface area (Å²) in [4.78, 5) is 12.5. The van der Waals surface area contributed by atoms with Crippen LogP contribution in [-0.4, -0.2) is 18.5 Å². The second-order valence-corrected chi connectivity index (χ2v) is 6.21. The highest BCUT2D eigenvalue weighted by molar-refractivity contribution is 5.85. The number of fused-ring (bicyclic) bond motifs is 1. The fourth-order valence-corrected chi connectivity index (χ4v) is 3.11. The third-order valence-corrected chi connectivity index (χ3v) is 4.07. The summed E-state index contributed by atoms with van der Waals surface area (Å²) in [6, 6.07) is 8.41. The largest absolute Gasteiger partial charge is 0.352 e. The van der Waals surface area contributed by atoms with Crippen molar-refractivity contribution in [3.05, 3.63) is 35.4 Å². The predicted octanol–water partition coefficient (Wildman–Crippen LogP) is 3.02. The van der Waals surface area contributed by atoms with Crippen LogP contribution >= 0.6 is 12.4 Å². The number of amides is 1. The lowest BCUT2D eigenvalue weighted by molar-refractivity contribution is -0.123. The van der Waals surface area contributed by atoms with Crippen molar-refractivity contribution in [2.75, 3.05) is 6.54 Å². The van der Waals surface area contributed by atoms with Crippen LogP contribution in [0.5, 0.6) is 0 Å². The van der Waals surface area contributed by atoms with Crippen molar-refractivity contribution < 1.29 is 4.79 Å². The van der Waals surface area contributed by atoms with Crippen LogP contribution in [0, 0.1) is 5.92 Å². The second-order valence-electron chi connectivity index (χ2n) is 6.21. The average Bonchev–Trinajstić information content (AvgIpc) is 2.45. The molecule has 3 nitrogen and oxygen atoms in total. The first-order valence-corrected chi connectivity index (χ1v) is 7.70. The van der Waals surface area contributed by atoms with Crippen LogP contribution in [0.4, 0.5) is 0 Å². The summed E-state index contributed by atoms with van der Waals surface area (Å²) >= 11 is 0. The molecule has 21 heavy (non-hydrogen) atoms. The lowest BCUT2D eigenvalue weighted by atomic mass is 9.82. The van der Waals surface area contributed by atoms with E-state index in [1.54, 1.807) is 0 Å². The third kappa shape index (κ3) is 4.72. The van der Waals surface area contributed by atoms with Gasteiger partial charge in [0.1, 0.15) is 0 Å². The van der Waals surface area contributed by atoms with Gasteiger partial charge in [-0.1, -0.05) is 38.1 Å². The summed E-state index contributed by atoms with van der Waals surface area (Å²) < 4.78 is 0. The molecule has 2 unspecified atom stereocenters. The average molecular weight is 311 g/mol. The molecule has 1 aromatic rings. The molecular weight excluding hydrogens is 284 g/mol. The minimum atomic E-state index is 0. The summed E-state index contributed by atoms with van der Waals surface area (Å²) in [6.07, 6.45) is 4.07. The van der Waals surface area contributed by atoms with E-state index >= 15 is 0 Å². The fourth-order valence-electron chi connectivity index (χ4n) is 3.11. The Kier molecular flexibility index (Phi) is 7.20. The van der Waals surface area contributed by atoms with Crippen LogP contribution < -0.4 is 11.1 Å². The van der Waals surface area contributed by atoms with Gasteiger partial charge in [-0.15, -0.1) is 12.4 Å². The van der Waals surface area contributed by atoms with Gasteiger partial charge in [0.25, 0.3) is 0 Å². The number of rotatable bonds is 5. The Morgan fingerprint density at radius 2 is 2.10 bits per heavy atom. The standard InChI is InChI=1S/C17H26N2O.ClH/c1-12(2)10-14(11-18)19-17(20)16-9-5-7-13-6-3-4-8-15(13)16;/h3-4,6,8,12,14,16H,5,7,9-11,18H2,1-2H3,(H,19,20);1H. The van der Waals surface area contributed by atoms with E-state index in [9.17, 15) is 4.79 Å². The Balaban J connectivity index is 0.00000220. The number of nitrogens with one attached hydrogen (secondary N) is 1. The van der Waals surface area contributed by atoms with Crippen molar-refractivity contribution in [2.45, 2.75) is 51.5 Å². The highest BCUT2D eigenvalue weighted by Crippen LogP contribution is 2.31. The summed E-state index contributed by atoms with van der Waals surface area (Å²) in [7, 11) is 0. The fraction of sp³-hybridized carbons (Fsp3) is 0.588. The van der Waals surface area contributed by atoms with Crippen molar-refractivity contribution in [3.8, 4) is 0 Å². The zero-order chi connectivity index (χ0) is 14.5. The smallest absolute Gasteiger partial charge is 0.227 e. The number of hydrogen-bond donors (Lipinski definition) is 2. The zero-order valence-corrected chi connectivity index (χ0v) is 13.8. The Morgan fingerprint density at radius 1 is 1.38 bits per heavy atom. The van der Waals surface area contributed by atoms with Gasteiger partial charge >= 0.3 is 0 Å². The first-order chi connectivity index (χ1) is 9.61. The van der Waals surface area contributed by atoms with Gasteiger partial charge in [-0.05, 0) is 42.7 Å². The van der Waals surface area contributed by atoms with E-state index in [2.05, 4.69) is 37.4 Å². The predicted molar refractivity (Wildman–Crippen MR) is 89.8 cm³/mol. The lowest BCUT2D eigenvalue weighted by Crippen LogP contribution is -2.43. The Labute approximate surface area is 134 Å². The summed E-state index contributed by atoms with van der Waals surface area (Å²) in [5.41, 5.74) is 8.31. The topological polar surface area (TPSA) is 55.1 Å². The molecular formula is C17H27ClN2O. The van der Waals surface area contributed by atoms with E-state index in [0.29, 0.717) is 12.5 Å². The Morgan fingerprint density at radius 3 is 2.76 bits per heavy atom. The van der Waals surface area contributed by atoms with E-state index in [-0.39, 0.29) is 30.3 Å². The molecule has 0 aliphatic heterocycles. The van der Waals surface area contributed by atoms with Gasteiger partial charge in [-0.3, -0.25) is 4.79 Å². The summed E-state index contributed by atoms with van der Waals surface area (Å²) in [5, 5.41) is 3.14. The molecule has 118 valence electrons. The highest BCUT2D eigenvalue weighted by atomic mass is 35.5. The Hall–Kier alpha value is -1.06. The normalized spacial score (nSPS) is 18.6. The molecule has 0 spiro atoms. The van der Waals surface area contributed by atoms with E-state index in [1.165, 1.54) is 11.1 Å². The number of nitrogens with two attached hydrogens (primary N) is 1. The quantitative estimate of drug-likeness (QED) is 0.878. The molecule has 0 fully saturated rings. The highest BCUT2D eigenvalue weighted by Gasteiger charge is 2.27. The first kappa shape index (κ1) is 18.0. The molecule has 1 aliphatic carbocycles. The molecule has 0 radical (unpaired) electrons. The van der Waals surface area contributed by atoms with Crippen LogP contribution in [0.25, 0.3) is 0 Å². The maximum absolute atomic E-state index is 12.5. The molecule has 1 amide bonds. The van der Waals surface area contributed by atoms with Crippen molar-refractivity contribution in [3.63, 3.8) is 0 Å². The van der Waals surface area contributed by atoms with Crippen LogP contribution in [0.2, 0.25) is 0 Å². The Bertz CT molecular complexity index is 462. The molecule has 0 saturated heterocycles. The number of carbonyl (C=O) groups excluding carboxylic acids is 1. The van der Waals surface area contributed by atoms with Gasteiger partial charge in [0, 0.05) is 12.6 Å². The second kappa shape index (κ2) is 8.40. The van der Waals surface area contributed by atoms with Crippen molar-refractivity contribution in [1.29, 1.82) is 0 Å². The van der Waals surface area contributed by atoms with E-state index in [4.69, 9.17) is 5.73 Å². The summed E-state index contributed by atoms with van der Waals surface area (Å²) in [5.74, 6) is 0.692. The minimum Gasteiger partial charge on any atom is -0.352 e. The van der Waals surface area contributed by atoms with Gasteiger partial charge in [-0.2, -0.15) is 0 Å². The van der Waals surface area contributed by atoms with E-state index in [0.717, 1.165) is 25.7 Å².